The van der Waals surface area contributed by atoms with Crippen molar-refractivity contribution in [1.82, 2.24) is 9.55 Å². The molecule has 0 aliphatic heterocycles. The van der Waals surface area contributed by atoms with E-state index in [2.05, 4.69) is 20.9 Å². The first-order valence-electron chi connectivity index (χ1n) is 3.90. The van der Waals surface area contributed by atoms with Crippen LogP contribution in [0.1, 0.15) is 0 Å². The van der Waals surface area contributed by atoms with Gasteiger partial charge < -0.3 is 4.98 Å². The molecule has 2 rings (SSSR count). The van der Waals surface area contributed by atoms with E-state index in [0.717, 1.165) is 0 Å². The zero-order valence-corrected chi connectivity index (χ0v) is 8.58. The Hall–Kier alpha value is -1.36. The van der Waals surface area contributed by atoms with Gasteiger partial charge in [0.1, 0.15) is 5.82 Å². The smallest absolute Gasteiger partial charge is 0.312 e. The van der Waals surface area contributed by atoms with E-state index in [0.29, 0.717) is 10.2 Å². The van der Waals surface area contributed by atoms with Gasteiger partial charge in [-0.25, -0.2) is 9.18 Å². The highest BCUT2D eigenvalue weighted by molar-refractivity contribution is 9.10. The molecule has 0 bridgehead atoms. The summed E-state index contributed by atoms with van der Waals surface area (Å²) < 4.78 is 14.7. The van der Waals surface area contributed by atoms with Crippen LogP contribution < -0.4 is 5.69 Å². The van der Waals surface area contributed by atoms with E-state index in [1.54, 1.807) is 6.20 Å². The van der Waals surface area contributed by atoms with Crippen LogP contribution in [0.4, 0.5) is 4.39 Å². The van der Waals surface area contributed by atoms with Crippen LogP contribution in [-0.4, -0.2) is 9.55 Å². The normalized spacial score (nSPS) is 10.4. The van der Waals surface area contributed by atoms with Crippen LogP contribution in [0, 0.1) is 5.82 Å². The molecule has 2 aromatic rings. The molecule has 0 radical (unpaired) electrons. The summed E-state index contributed by atoms with van der Waals surface area (Å²) in [6.45, 7) is 0. The lowest BCUT2D eigenvalue weighted by Gasteiger charge is -2.03. The van der Waals surface area contributed by atoms with Crippen LogP contribution in [0.2, 0.25) is 0 Å². The number of halogens is 2. The monoisotopic (exact) mass is 256 g/mol. The molecule has 0 saturated carbocycles. The van der Waals surface area contributed by atoms with E-state index < -0.39 is 0 Å². The Labute approximate surface area is 87.3 Å². The number of hydrogen-bond donors (Lipinski definition) is 1. The van der Waals surface area contributed by atoms with Crippen molar-refractivity contribution in [2.75, 3.05) is 0 Å². The fourth-order valence-electron chi connectivity index (χ4n) is 1.19. The summed E-state index contributed by atoms with van der Waals surface area (Å²) in [7, 11) is 0. The Bertz CT molecular complexity index is 518. The fourth-order valence-corrected chi connectivity index (χ4v) is 1.73. The van der Waals surface area contributed by atoms with Gasteiger partial charge in [0, 0.05) is 16.9 Å². The first-order valence-corrected chi connectivity index (χ1v) is 4.69. The zero-order chi connectivity index (χ0) is 10.1. The average Bonchev–Trinajstić information content (AvgIpc) is 2.52. The van der Waals surface area contributed by atoms with Crippen molar-refractivity contribution in [2.24, 2.45) is 0 Å². The second-order valence-corrected chi connectivity index (χ2v) is 3.59. The van der Waals surface area contributed by atoms with Crippen molar-refractivity contribution in [3.8, 4) is 5.69 Å². The van der Waals surface area contributed by atoms with E-state index in [9.17, 15) is 9.18 Å². The van der Waals surface area contributed by atoms with Gasteiger partial charge in [-0.05, 0) is 34.1 Å². The molecule has 0 atom stereocenters. The second kappa shape index (κ2) is 3.42. The molecule has 0 saturated heterocycles. The molecule has 3 nitrogen and oxygen atoms in total. The minimum absolute atomic E-state index is 0.252. The van der Waals surface area contributed by atoms with Crippen LogP contribution in [0.25, 0.3) is 5.69 Å². The third-order valence-corrected chi connectivity index (χ3v) is 2.45. The van der Waals surface area contributed by atoms with Gasteiger partial charge in [0.25, 0.3) is 0 Å². The number of imidazole rings is 1. The summed E-state index contributed by atoms with van der Waals surface area (Å²) in [5.41, 5.74) is 0.356. The fraction of sp³-hybridized carbons (Fsp3) is 0. The molecule has 1 N–H and O–H groups in total. The van der Waals surface area contributed by atoms with Gasteiger partial charge in [0.15, 0.2) is 0 Å². The summed E-state index contributed by atoms with van der Waals surface area (Å²) in [6, 6.07) is 4.16. The first-order chi connectivity index (χ1) is 6.68. The summed E-state index contributed by atoms with van der Waals surface area (Å²) in [5, 5.41) is 0. The first kappa shape index (κ1) is 9.21. The van der Waals surface area contributed by atoms with Gasteiger partial charge in [-0.3, -0.25) is 4.57 Å². The van der Waals surface area contributed by atoms with E-state index >= 15 is 0 Å². The largest absolute Gasteiger partial charge is 0.330 e. The Morgan fingerprint density at radius 2 is 2.21 bits per heavy atom. The summed E-state index contributed by atoms with van der Waals surface area (Å²) in [4.78, 5) is 13.8. The molecular formula is C9H6BrFN2O. The molecule has 0 spiro atoms. The Morgan fingerprint density at radius 1 is 1.43 bits per heavy atom. The predicted molar refractivity (Wildman–Crippen MR) is 54.0 cm³/mol. The Morgan fingerprint density at radius 3 is 2.79 bits per heavy atom. The van der Waals surface area contributed by atoms with Gasteiger partial charge >= 0.3 is 5.69 Å². The number of aromatic nitrogens is 2. The van der Waals surface area contributed by atoms with Gasteiger partial charge in [0.2, 0.25) is 0 Å². The maximum Gasteiger partial charge on any atom is 0.330 e. The summed E-state index contributed by atoms with van der Waals surface area (Å²) in [5.74, 6) is -0.343. The topological polar surface area (TPSA) is 37.8 Å². The number of rotatable bonds is 1. The lowest BCUT2D eigenvalue weighted by molar-refractivity contribution is 0.626. The predicted octanol–water partition coefficient (Wildman–Crippen LogP) is 2.07. The highest BCUT2D eigenvalue weighted by Crippen LogP contribution is 2.20. The zero-order valence-electron chi connectivity index (χ0n) is 7.00. The number of hydrogen-bond acceptors (Lipinski definition) is 1. The molecule has 0 amide bonds. The van der Waals surface area contributed by atoms with Gasteiger partial charge in [-0.2, -0.15) is 0 Å². The van der Waals surface area contributed by atoms with Crippen LogP contribution in [-0.2, 0) is 0 Å². The lowest BCUT2D eigenvalue weighted by Crippen LogP contribution is -2.14. The maximum absolute atomic E-state index is 12.8. The number of H-pyrrole nitrogens is 1. The van der Waals surface area contributed by atoms with Gasteiger partial charge in [-0.15, -0.1) is 0 Å². The molecule has 1 heterocycles. The van der Waals surface area contributed by atoms with Crippen molar-refractivity contribution in [3.63, 3.8) is 0 Å². The van der Waals surface area contributed by atoms with E-state index in [4.69, 9.17) is 0 Å². The molecule has 0 fully saturated rings. The summed E-state index contributed by atoms with van der Waals surface area (Å²) in [6.07, 6.45) is 3.11. The molecule has 0 unspecified atom stereocenters. The highest BCUT2D eigenvalue weighted by Gasteiger charge is 2.05. The molecule has 5 heteroatoms. The third kappa shape index (κ3) is 1.50. The lowest BCUT2D eigenvalue weighted by atomic mass is 10.3. The standard InChI is InChI=1S/C9H6BrFN2O/c10-7-5-6(11)1-2-8(7)13-4-3-12-9(13)14/h1-5H,(H,12,14). The quantitative estimate of drug-likeness (QED) is 0.834. The molecular weight excluding hydrogens is 251 g/mol. The maximum atomic E-state index is 12.8. The van der Waals surface area contributed by atoms with Crippen LogP contribution >= 0.6 is 15.9 Å². The van der Waals surface area contributed by atoms with Crippen LogP contribution in [0.5, 0.6) is 0 Å². The minimum Gasteiger partial charge on any atom is -0.312 e. The van der Waals surface area contributed by atoms with E-state index in [-0.39, 0.29) is 11.5 Å². The molecule has 14 heavy (non-hydrogen) atoms. The molecule has 72 valence electrons. The number of nitrogens with one attached hydrogen (secondary N) is 1. The second-order valence-electron chi connectivity index (χ2n) is 2.73. The minimum atomic E-state index is -0.343. The SMILES string of the molecule is O=c1[nH]ccn1-c1ccc(F)cc1Br. The van der Waals surface area contributed by atoms with Crippen molar-refractivity contribution in [3.05, 3.63) is 51.4 Å². The van der Waals surface area contributed by atoms with E-state index in [1.165, 1.54) is 29.0 Å². The Kier molecular flexibility index (Phi) is 2.25. The van der Waals surface area contributed by atoms with Crippen molar-refractivity contribution in [2.45, 2.75) is 0 Å². The van der Waals surface area contributed by atoms with Crippen LogP contribution in [0.3, 0.4) is 0 Å². The molecule has 0 aliphatic carbocycles. The third-order valence-electron chi connectivity index (χ3n) is 1.82. The van der Waals surface area contributed by atoms with Crippen molar-refractivity contribution < 1.29 is 4.39 Å². The van der Waals surface area contributed by atoms with E-state index in [1.807, 2.05) is 0 Å². The number of nitrogens with zero attached hydrogens (tertiary/aromatic N) is 1. The number of aromatic amines is 1. The van der Waals surface area contributed by atoms with Gasteiger partial charge in [-0.1, -0.05) is 0 Å². The average molecular weight is 257 g/mol. The molecule has 1 aromatic heterocycles. The number of benzene rings is 1. The molecule has 0 aliphatic rings. The summed E-state index contributed by atoms with van der Waals surface area (Å²) >= 11 is 3.19. The Balaban J connectivity index is 2.63. The highest BCUT2D eigenvalue weighted by atomic mass is 79.9. The van der Waals surface area contributed by atoms with Crippen LogP contribution in [0.15, 0.2) is 39.9 Å². The molecule has 1 aromatic carbocycles. The van der Waals surface area contributed by atoms with Crippen molar-refractivity contribution in [1.29, 1.82) is 0 Å². The van der Waals surface area contributed by atoms with Gasteiger partial charge in [0.05, 0.1) is 5.69 Å². The van der Waals surface area contributed by atoms with Crippen molar-refractivity contribution >= 4 is 15.9 Å².